The summed E-state index contributed by atoms with van der Waals surface area (Å²) in [6.07, 6.45) is 0.874. The van der Waals surface area contributed by atoms with Gasteiger partial charge in [0.1, 0.15) is 0 Å². The zero-order valence-electron chi connectivity index (χ0n) is 12.2. The van der Waals surface area contributed by atoms with Crippen LogP contribution in [0.25, 0.3) is 0 Å². The van der Waals surface area contributed by atoms with Crippen LogP contribution in [0.4, 0.5) is 5.69 Å². The predicted molar refractivity (Wildman–Crippen MR) is 77.9 cm³/mol. The van der Waals surface area contributed by atoms with Crippen molar-refractivity contribution in [3.63, 3.8) is 0 Å². The minimum absolute atomic E-state index is 0.0133. The standard InChI is InChI=1S/C15H20N2O4/c1-10-6-7-16(14(10)9-18)15(19)11(2)12-4-3-5-13(8-12)17(20)21/h3-5,8,10-11,14,18H,6-7,9H2,1-2H3. The van der Waals surface area contributed by atoms with Crippen LogP contribution >= 0.6 is 0 Å². The molecule has 0 aromatic heterocycles. The Morgan fingerprint density at radius 1 is 1.57 bits per heavy atom. The lowest BCUT2D eigenvalue weighted by Crippen LogP contribution is -2.41. The molecule has 2 rings (SSSR count). The number of nitro groups is 1. The van der Waals surface area contributed by atoms with Gasteiger partial charge >= 0.3 is 0 Å². The highest BCUT2D eigenvalue weighted by Gasteiger charge is 2.36. The number of nitro benzene ring substituents is 1. The van der Waals surface area contributed by atoms with Gasteiger partial charge in [0, 0.05) is 18.7 Å². The minimum Gasteiger partial charge on any atom is -0.394 e. The van der Waals surface area contributed by atoms with Crippen LogP contribution in [0.15, 0.2) is 24.3 Å². The molecule has 1 aromatic rings. The van der Waals surface area contributed by atoms with Crippen LogP contribution in [0.1, 0.15) is 31.7 Å². The Balaban J connectivity index is 2.19. The molecule has 1 fully saturated rings. The fraction of sp³-hybridized carbons (Fsp3) is 0.533. The molecule has 1 aromatic carbocycles. The van der Waals surface area contributed by atoms with Crippen molar-refractivity contribution in [1.29, 1.82) is 0 Å². The Labute approximate surface area is 123 Å². The van der Waals surface area contributed by atoms with Crippen molar-refractivity contribution in [1.82, 2.24) is 4.90 Å². The van der Waals surface area contributed by atoms with E-state index < -0.39 is 10.8 Å². The summed E-state index contributed by atoms with van der Waals surface area (Å²) < 4.78 is 0. The van der Waals surface area contributed by atoms with E-state index >= 15 is 0 Å². The van der Waals surface area contributed by atoms with Gasteiger partial charge in [-0.2, -0.15) is 0 Å². The molecule has 1 aliphatic rings. The third kappa shape index (κ3) is 3.05. The third-order valence-electron chi connectivity index (χ3n) is 4.30. The molecule has 1 amide bonds. The molecule has 0 spiro atoms. The Kier molecular flexibility index (Phi) is 4.57. The molecule has 1 saturated heterocycles. The van der Waals surface area contributed by atoms with Gasteiger partial charge in [-0.1, -0.05) is 19.1 Å². The molecular formula is C15H20N2O4. The first-order chi connectivity index (χ1) is 9.95. The molecule has 0 saturated carbocycles. The van der Waals surface area contributed by atoms with Gasteiger partial charge in [0.15, 0.2) is 0 Å². The number of hydrogen-bond acceptors (Lipinski definition) is 4. The van der Waals surface area contributed by atoms with Crippen molar-refractivity contribution in [2.45, 2.75) is 32.2 Å². The normalized spacial score (nSPS) is 23.1. The summed E-state index contributed by atoms with van der Waals surface area (Å²) in [5.74, 6) is -0.264. The summed E-state index contributed by atoms with van der Waals surface area (Å²) in [4.78, 5) is 24.6. The van der Waals surface area contributed by atoms with Crippen LogP contribution in [0, 0.1) is 16.0 Å². The van der Waals surface area contributed by atoms with Crippen molar-refractivity contribution in [2.24, 2.45) is 5.92 Å². The van der Waals surface area contributed by atoms with Gasteiger partial charge in [-0.15, -0.1) is 0 Å². The van der Waals surface area contributed by atoms with Gasteiger partial charge in [-0.3, -0.25) is 14.9 Å². The van der Waals surface area contributed by atoms with Gasteiger partial charge in [-0.05, 0) is 24.8 Å². The monoisotopic (exact) mass is 292 g/mol. The van der Waals surface area contributed by atoms with E-state index in [4.69, 9.17) is 0 Å². The van der Waals surface area contributed by atoms with Crippen LogP contribution in [-0.4, -0.2) is 40.0 Å². The van der Waals surface area contributed by atoms with Crippen molar-refractivity contribution in [3.8, 4) is 0 Å². The second kappa shape index (κ2) is 6.22. The number of carbonyl (C=O) groups is 1. The smallest absolute Gasteiger partial charge is 0.269 e. The topological polar surface area (TPSA) is 83.7 Å². The summed E-state index contributed by atoms with van der Waals surface area (Å²) in [6, 6.07) is 6.01. The largest absolute Gasteiger partial charge is 0.394 e. The summed E-state index contributed by atoms with van der Waals surface area (Å²) in [5, 5.41) is 20.3. The minimum atomic E-state index is -0.463. The van der Waals surface area contributed by atoms with E-state index in [1.54, 1.807) is 24.0 Å². The van der Waals surface area contributed by atoms with Gasteiger partial charge in [0.2, 0.25) is 5.91 Å². The highest BCUT2D eigenvalue weighted by Crippen LogP contribution is 2.29. The molecule has 6 nitrogen and oxygen atoms in total. The number of rotatable bonds is 4. The van der Waals surface area contributed by atoms with E-state index in [9.17, 15) is 20.0 Å². The number of amides is 1. The lowest BCUT2D eigenvalue weighted by atomic mass is 9.98. The lowest BCUT2D eigenvalue weighted by Gasteiger charge is -2.28. The number of benzene rings is 1. The van der Waals surface area contributed by atoms with E-state index in [1.165, 1.54) is 12.1 Å². The first kappa shape index (κ1) is 15.4. The number of non-ortho nitro benzene ring substituents is 1. The Hall–Kier alpha value is -1.95. The van der Waals surface area contributed by atoms with Gasteiger partial charge in [0.25, 0.3) is 5.69 Å². The van der Waals surface area contributed by atoms with E-state index in [0.717, 1.165) is 6.42 Å². The summed E-state index contributed by atoms with van der Waals surface area (Å²) in [6.45, 7) is 4.35. The first-order valence-corrected chi connectivity index (χ1v) is 7.11. The Morgan fingerprint density at radius 3 is 2.90 bits per heavy atom. The molecule has 114 valence electrons. The van der Waals surface area contributed by atoms with Gasteiger partial charge in [-0.25, -0.2) is 0 Å². The highest BCUT2D eigenvalue weighted by molar-refractivity contribution is 5.84. The number of likely N-dealkylation sites (tertiary alicyclic amines) is 1. The Bertz CT molecular complexity index is 546. The first-order valence-electron chi connectivity index (χ1n) is 7.11. The summed E-state index contributed by atoms with van der Waals surface area (Å²) in [5.41, 5.74) is 0.617. The van der Waals surface area contributed by atoms with Crippen molar-refractivity contribution in [3.05, 3.63) is 39.9 Å². The van der Waals surface area contributed by atoms with E-state index in [-0.39, 0.29) is 30.2 Å². The van der Waals surface area contributed by atoms with Crippen LogP contribution < -0.4 is 0 Å². The quantitative estimate of drug-likeness (QED) is 0.679. The van der Waals surface area contributed by atoms with Crippen molar-refractivity contribution >= 4 is 11.6 Å². The number of aliphatic hydroxyl groups is 1. The molecule has 3 atom stereocenters. The van der Waals surface area contributed by atoms with Crippen LogP contribution in [0.5, 0.6) is 0 Å². The average molecular weight is 292 g/mol. The Morgan fingerprint density at radius 2 is 2.29 bits per heavy atom. The molecule has 1 heterocycles. The number of aliphatic hydroxyl groups excluding tert-OH is 1. The fourth-order valence-electron chi connectivity index (χ4n) is 2.86. The second-order valence-electron chi connectivity index (χ2n) is 5.62. The molecule has 1 N–H and O–H groups in total. The van der Waals surface area contributed by atoms with Gasteiger partial charge < -0.3 is 10.0 Å². The molecule has 3 unspecified atom stereocenters. The number of nitrogens with zero attached hydrogens (tertiary/aromatic N) is 2. The van der Waals surface area contributed by atoms with Crippen LogP contribution in [0.2, 0.25) is 0 Å². The van der Waals surface area contributed by atoms with E-state index in [0.29, 0.717) is 12.1 Å². The maximum atomic E-state index is 12.6. The van der Waals surface area contributed by atoms with E-state index in [1.807, 2.05) is 6.92 Å². The molecule has 0 aliphatic carbocycles. The van der Waals surface area contributed by atoms with Crippen LogP contribution in [-0.2, 0) is 4.79 Å². The molecule has 21 heavy (non-hydrogen) atoms. The zero-order chi connectivity index (χ0) is 15.6. The van der Waals surface area contributed by atoms with E-state index in [2.05, 4.69) is 0 Å². The molecule has 0 bridgehead atoms. The average Bonchev–Trinajstić information content (AvgIpc) is 2.86. The second-order valence-corrected chi connectivity index (χ2v) is 5.62. The third-order valence-corrected chi connectivity index (χ3v) is 4.30. The lowest BCUT2D eigenvalue weighted by molar-refractivity contribution is -0.384. The SMILES string of the molecule is CC(C(=O)N1CCC(C)C1CO)c1cccc([N+](=O)[O-])c1. The fourth-order valence-corrected chi connectivity index (χ4v) is 2.86. The molecule has 0 radical (unpaired) electrons. The molecular weight excluding hydrogens is 272 g/mol. The predicted octanol–water partition coefficient (Wildman–Crippen LogP) is 1.93. The van der Waals surface area contributed by atoms with Crippen molar-refractivity contribution in [2.75, 3.05) is 13.2 Å². The zero-order valence-corrected chi connectivity index (χ0v) is 12.2. The van der Waals surface area contributed by atoms with Gasteiger partial charge in [0.05, 0.1) is 23.5 Å². The van der Waals surface area contributed by atoms with Crippen LogP contribution in [0.3, 0.4) is 0 Å². The summed E-state index contributed by atoms with van der Waals surface area (Å²) >= 11 is 0. The molecule has 6 heteroatoms. The summed E-state index contributed by atoms with van der Waals surface area (Å²) in [7, 11) is 0. The molecule has 1 aliphatic heterocycles. The number of hydrogen-bond donors (Lipinski definition) is 1. The van der Waals surface area contributed by atoms with Crippen molar-refractivity contribution < 1.29 is 14.8 Å². The maximum absolute atomic E-state index is 12.6. The highest BCUT2D eigenvalue weighted by atomic mass is 16.6. The maximum Gasteiger partial charge on any atom is 0.269 e. The number of carbonyl (C=O) groups excluding carboxylic acids is 1.